The molecule has 1 atom stereocenters. The molecule has 156 valence electrons. The minimum Gasteiger partial charge on any atom is -0.495 e. The van der Waals surface area contributed by atoms with E-state index in [1.54, 1.807) is 43.0 Å². The number of benzene rings is 2. The number of aromatic nitrogens is 3. The molecule has 2 N–H and O–H groups in total. The van der Waals surface area contributed by atoms with Crippen LogP contribution in [-0.2, 0) is 11.8 Å². The number of nitrogens with one attached hydrogen (secondary N) is 2. The van der Waals surface area contributed by atoms with Gasteiger partial charge in [0.25, 0.3) is 5.91 Å². The van der Waals surface area contributed by atoms with Crippen LogP contribution in [0.3, 0.4) is 0 Å². The normalized spacial score (nSPS) is 11.6. The number of rotatable bonds is 8. The Morgan fingerprint density at radius 3 is 2.53 bits per heavy atom. The van der Waals surface area contributed by atoms with E-state index in [4.69, 9.17) is 4.74 Å². The summed E-state index contributed by atoms with van der Waals surface area (Å²) in [4.78, 5) is 24.7. The van der Waals surface area contributed by atoms with Crippen LogP contribution in [-0.4, -0.2) is 39.4 Å². The zero-order valence-electron chi connectivity index (χ0n) is 17.0. The molecular formula is C21H23N5O3S. The molecule has 30 heavy (non-hydrogen) atoms. The number of amides is 2. The highest BCUT2D eigenvalue weighted by Gasteiger charge is 2.19. The standard InChI is InChI=1S/C21H23N5O3S/c1-14(22-20(28)15-9-5-4-6-10-15)19-24-25-21(26(19)2)30-13-18(27)23-16-11-7-8-12-17(16)29-3/h4-12,14H,13H2,1-3H3,(H,22,28)(H,23,27)/t14-/m0/s1. The van der Waals surface area contributed by atoms with E-state index in [2.05, 4.69) is 20.8 Å². The van der Waals surface area contributed by atoms with E-state index >= 15 is 0 Å². The summed E-state index contributed by atoms with van der Waals surface area (Å²) >= 11 is 1.27. The van der Waals surface area contributed by atoms with E-state index in [9.17, 15) is 9.59 Å². The smallest absolute Gasteiger partial charge is 0.251 e. The highest BCUT2D eigenvalue weighted by atomic mass is 32.2. The molecule has 0 spiro atoms. The molecule has 0 aliphatic carbocycles. The van der Waals surface area contributed by atoms with E-state index in [1.165, 1.54) is 11.8 Å². The number of hydrogen-bond donors (Lipinski definition) is 2. The van der Waals surface area contributed by atoms with Gasteiger partial charge in [-0.25, -0.2) is 0 Å². The summed E-state index contributed by atoms with van der Waals surface area (Å²) in [6, 6.07) is 15.9. The fourth-order valence-corrected chi connectivity index (χ4v) is 3.55. The highest BCUT2D eigenvalue weighted by molar-refractivity contribution is 7.99. The molecule has 0 radical (unpaired) electrons. The van der Waals surface area contributed by atoms with E-state index in [0.29, 0.717) is 28.0 Å². The monoisotopic (exact) mass is 425 g/mol. The van der Waals surface area contributed by atoms with E-state index < -0.39 is 0 Å². The number of ether oxygens (including phenoxy) is 1. The number of carbonyl (C=O) groups excluding carboxylic acids is 2. The van der Waals surface area contributed by atoms with Crippen LogP contribution in [0.15, 0.2) is 59.8 Å². The average molecular weight is 426 g/mol. The van der Waals surface area contributed by atoms with Gasteiger partial charge in [0.15, 0.2) is 11.0 Å². The summed E-state index contributed by atoms with van der Waals surface area (Å²) < 4.78 is 7.01. The molecule has 1 aromatic heterocycles. The van der Waals surface area contributed by atoms with Crippen LogP contribution in [0, 0.1) is 0 Å². The number of para-hydroxylation sites is 2. The molecule has 8 nitrogen and oxygen atoms in total. The number of anilines is 1. The minimum atomic E-state index is -0.341. The quantitative estimate of drug-likeness (QED) is 0.539. The van der Waals surface area contributed by atoms with Gasteiger partial charge in [-0.1, -0.05) is 42.1 Å². The molecule has 0 saturated carbocycles. The Bertz CT molecular complexity index is 1020. The molecule has 0 bridgehead atoms. The first-order valence-electron chi connectivity index (χ1n) is 9.30. The zero-order chi connectivity index (χ0) is 21.5. The Hall–Kier alpha value is -3.33. The highest BCUT2D eigenvalue weighted by Crippen LogP contribution is 2.24. The first-order chi connectivity index (χ1) is 14.5. The van der Waals surface area contributed by atoms with Crippen LogP contribution >= 0.6 is 11.8 Å². The third-order valence-corrected chi connectivity index (χ3v) is 5.37. The van der Waals surface area contributed by atoms with E-state index in [0.717, 1.165) is 0 Å². The third kappa shape index (κ3) is 5.18. The van der Waals surface area contributed by atoms with Crippen molar-refractivity contribution in [1.82, 2.24) is 20.1 Å². The molecule has 3 aromatic rings. The van der Waals surface area contributed by atoms with Crippen molar-refractivity contribution in [3.05, 3.63) is 66.0 Å². The number of hydrogen-bond acceptors (Lipinski definition) is 6. The van der Waals surface area contributed by atoms with Crippen LogP contribution in [0.25, 0.3) is 0 Å². The molecule has 0 fully saturated rings. The van der Waals surface area contributed by atoms with Gasteiger partial charge >= 0.3 is 0 Å². The van der Waals surface area contributed by atoms with Gasteiger partial charge in [0.05, 0.1) is 24.6 Å². The lowest BCUT2D eigenvalue weighted by molar-refractivity contribution is -0.113. The Morgan fingerprint density at radius 1 is 1.10 bits per heavy atom. The predicted octanol–water partition coefficient (Wildman–Crippen LogP) is 3.05. The van der Waals surface area contributed by atoms with Crippen molar-refractivity contribution < 1.29 is 14.3 Å². The Labute approximate surface area is 179 Å². The molecule has 2 amide bonds. The maximum atomic E-state index is 12.4. The molecule has 0 unspecified atom stereocenters. The summed E-state index contributed by atoms with van der Waals surface area (Å²) in [6.45, 7) is 1.84. The number of nitrogens with zero attached hydrogens (tertiary/aromatic N) is 3. The first-order valence-corrected chi connectivity index (χ1v) is 10.3. The summed E-state index contributed by atoms with van der Waals surface area (Å²) in [5.74, 6) is 0.997. The topological polar surface area (TPSA) is 98.1 Å². The fraction of sp³-hybridized carbons (Fsp3) is 0.238. The van der Waals surface area contributed by atoms with Crippen molar-refractivity contribution in [2.45, 2.75) is 18.1 Å². The van der Waals surface area contributed by atoms with Crippen LogP contribution in [0.1, 0.15) is 29.1 Å². The SMILES string of the molecule is COc1ccccc1NC(=O)CSc1nnc([C@H](C)NC(=O)c2ccccc2)n1C. The Kier molecular flexibility index (Phi) is 7.08. The Balaban J connectivity index is 1.58. The zero-order valence-corrected chi connectivity index (χ0v) is 17.8. The van der Waals surface area contributed by atoms with Gasteiger partial charge in [-0.05, 0) is 31.2 Å². The van der Waals surface area contributed by atoms with E-state index in [1.807, 2.05) is 37.3 Å². The third-order valence-electron chi connectivity index (χ3n) is 4.35. The van der Waals surface area contributed by atoms with Crippen molar-refractivity contribution in [3.63, 3.8) is 0 Å². The predicted molar refractivity (Wildman–Crippen MR) is 116 cm³/mol. The van der Waals surface area contributed by atoms with Crippen LogP contribution in [0.4, 0.5) is 5.69 Å². The van der Waals surface area contributed by atoms with Crippen molar-refractivity contribution in [1.29, 1.82) is 0 Å². The Morgan fingerprint density at radius 2 is 1.80 bits per heavy atom. The maximum Gasteiger partial charge on any atom is 0.251 e. The van der Waals surface area contributed by atoms with Gasteiger partial charge < -0.3 is 19.9 Å². The first kappa shape index (κ1) is 21.4. The van der Waals surface area contributed by atoms with Crippen molar-refractivity contribution >= 4 is 29.3 Å². The van der Waals surface area contributed by atoms with Crippen LogP contribution in [0.2, 0.25) is 0 Å². The molecule has 0 aliphatic rings. The summed E-state index contributed by atoms with van der Waals surface area (Å²) in [7, 11) is 3.36. The lowest BCUT2D eigenvalue weighted by Crippen LogP contribution is -2.28. The van der Waals surface area contributed by atoms with Crippen LogP contribution < -0.4 is 15.4 Å². The van der Waals surface area contributed by atoms with Crippen molar-refractivity contribution in [3.8, 4) is 5.75 Å². The number of methoxy groups -OCH3 is 1. The molecular weight excluding hydrogens is 402 g/mol. The van der Waals surface area contributed by atoms with Gasteiger partial charge in [-0.2, -0.15) is 0 Å². The summed E-state index contributed by atoms with van der Waals surface area (Å²) in [6.07, 6.45) is 0. The van der Waals surface area contributed by atoms with Gasteiger partial charge in [-0.3, -0.25) is 9.59 Å². The van der Waals surface area contributed by atoms with Crippen LogP contribution in [0.5, 0.6) is 5.75 Å². The summed E-state index contributed by atoms with van der Waals surface area (Å²) in [5, 5.41) is 14.6. The number of carbonyl (C=O) groups is 2. The average Bonchev–Trinajstić information content (AvgIpc) is 3.13. The lowest BCUT2D eigenvalue weighted by Gasteiger charge is -2.13. The molecule has 3 rings (SSSR count). The number of thioether (sulfide) groups is 1. The second kappa shape index (κ2) is 9.93. The maximum absolute atomic E-state index is 12.4. The molecule has 2 aromatic carbocycles. The molecule has 0 saturated heterocycles. The van der Waals surface area contributed by atoms with Gasteiger partial charge in [0.1, 0.15) is 5.75 Å². The van der Waals surface area contributed by atoms with Crippen molar-refractivity contribution in [2.75, 3.05) is 18.2 Å². The van der Waals surface area contributed by atoms with Gasteiger partial charge in [0.2, 0.25) is 5.91 Å². The minimum absolute atomic E-state index is 0.161. The summed E-state index contributed by atoms with van der Waals surface area (Å²) in [5.41, 5.74) is 1.19. The molecule has 0 aliphatic heterocycles. The molecule has 9 heteroatoms. The molecule has 1 heterocycles. The van der Waals surface area contributed by atoms with E-state index in [-0.39, 0.29) is 23.6 Å². The van der Waals surface area contributed by atoms with Crippen molar-refractivity contribution in [2.24, 2.45) is 7.05 Å². The second-order valence-corrected chi connectivity index (χ2v) is 7.44. The van der Waals surface area contributed by atoms with Gasteiger partial charge in [0, 0.05) is 12.6 Å². The lowest BCUT2D eigenvalue weighted by atomic mass is 10.2. The second-order valence-electron chi connectivity index (χ2n) is 6.50. The van der Waals surface area contributed by atoms with Gasteiger partial charge in [-0.15, -0.1) is 10.2 Å². The largest absolute Gasteiger partial charge is 0.495 e. The fourth-order valence-electron chi connectivity index (χ4n) is 2.83.